The highest BCUT2D eigenvalue weighted by Crippen LogP contribution is 2.25. The Kier molecular flexibility index (Phi) is 2.26. The first-order valence-corrected chi connectivity index (χ1v) is 4.98. The van der Waals surface area contributed by atoms with Gasteiger partial charge in [0.1, 0.15) is 0 Å². The molecule has 1 saturated carbocycles. The Morgan fingerprint density at radius 2 is 2.25 bits per heavy atom. The summed E-state index contributed by atoms with van der Waals surface area (Å²) in [6.07, 6.45) is 2.65. The second-order valence-electron chi connectivity index (χ2n) is 3.28. The Morgan fingerprint density at radius 3 is 2.92 bits per heavy atom. The van der Waals surface area contributed by atoms with Gasteiger partial charge in [0, 0.05) is 17.5 Å². The number of benzene rings is 1. The van der Waals surface area contributed by atoms with E-state index in [1.807, 2.05) is 0 Å². The summed E-state index contributed by atoms with van der Waals surface area (Å²) < 4.78 is 0. The standard InChI is InChI=1S/C10H13NS/c12-7-8-2-1-3-10(6-8)11-9-4-5-9/h1-3,6,9,11-12H,4-5,7H2. The van der Waals surface area contributed by atoms with E-state index in [-0.39, 0.29) is 0 Å². The molecule has 0 unspecified atom stereocenters. The fraction of sp³-hybridized carbons (Fsp3) is 0.400. The minimum Gasteiger partial charge on any atom is -0.382 e. The summed E-state index contributed by atoms with van der Waals surface area (Å²) in [6.45, 7) is 0. The summed E-state index contributed by atoms with van der Waals surface area (Å²) in [5.41, 5.74) is 2.52. The van der Waals surface area contributed by atoms with Crippen LogP contribution in [0.3, 0.4) is 0 Å². The molecule has 0 aromatic heterocycles. The van der Waals surface area contributed by atoms with Crippen LogP contribution in [0.5, 0.6) is 0 Å². The molecule has 0 heterocycles. The highest BCUT2D eigenvalue weighted by molar-refractivity contribution is 7.79. The maximum Gasteiger partial charge on any atom is 0.0345 e. The van der Waals surface area contributed by atoms with Gasteiger partial charge in [0.25, 0.3) is 0 Å². The average molecular weight is 179 g/mol. The zero-order valence-corrected chi connectivity index (χ0v) is 7.85. The van der Waals surface area contributed by atoms with Crippen molar-refractivity contribution in [2.24, 2.45) is 0 Å². The van der Waals surface area contributed by atoms with E-state index in [2.05, 4.69) is 42.2 Å². The molecule has 0 amide bonds. The molecule has 1 aliphatic carbocycles. The van der Waals surface area contributed by atoms with Crippen LogP contribution in [0.2, 0.25) is 0 Å². The lowest BCUT2D eigenvalue weighted by molar-refractivity contribution is 1.15. The third-order valence-electron chi connectivity index (χ3n) is 2.06. The van der Waals surface area contributed by atoms with E-state index in [1.165, 1.54) is 24.1 Å². The van der Waals surface area contributed by atoms with Gasteiger partial charge in [-0.1, -0.05) is 12.1 Å². The van der Waals surface area contributed by atoms with E-state index in [0.717, 1.165) is 11.8 Å². The zero-order chi connectivity index (χ0) is 8.39. The summed E-state index contributed by atoms with van der Waals surface area (Å²) in [4.78, 5) is 0. The van der Waals surface area contributed by atoms with Crippen LogP contribution in [-0.4, -0.2) is 6.04 Å². The van der Waals surface area contributed by atoms with E-state index in [1.54, 1.807) is 0 Å². The molecule has 2 rings (SSSR count). The average Bonchev–Trinajstić information content (AvgIpc) is 2.89. The Balaban J connectivity index is 2.08. The zero-order valence-electron chi connectivity index (χ0n) is 6.96. The van der Waals surface area contributed by atoms with Crippen molar-refractivity contribution < 1.29 is 0 Å². The van der Waals surface area contributed by atoms with Crippen LogP contribution in [0.4, 0.5) is 5.69 Å². The lowest BCUT2D eigenvalue weighted by atomic mass is 10.2. The molecule has 1 nitrogen and oxygen atoms in total. The molecule has 0 radical (unpaired) electrons. The molecule has 0 aliphatic heterocycles. The minimum atomic E-state index is 0.736. The fourth-order valence-electron chi connectivity index (χ4n) is 1.22. The van der Waals surface area contributed by atoms with Crippen molar-refractivity contribution in [1.82, 2.24) is 0 Å². The molecule has 2 heteroatoms. The first-order chi connectivity index (χ1) is 5.88. The number of anilines is 1. The van der Waals surface area contributed by atoms with Gasteiger partial charge in [-0.15, -0.1) is 0 Å². The van der Waals surface area contributed by atoms with Gasteiger partial charge in [0.2, 0.25) is 0 Å². The van der Waals surface area contributed by atoms with Crippen LogP contribution in [-0.2, 0) is 5.75 Å². The second kappa shape index (κ2) is 3.40. The predicted molar refractivity (Wildman–Crippen MR) is 55.8 cm³/mol. The van der Waals surface area contributed by atoms with Gasteiger partial charge in [0.15, 0.2) is 0 Å². The summed E-state index contributed by atoms with van der Waals surface area (Å²) in [6, 6.07) is 9.21. The lowest BCUT2D eigenvalue weighted by Crippen LogP contribution is -2.00. The first kappa shape index (κ1) is 7.99. The SMILES string of the molecule is SCc1cccc(NC2CC2)c1. The molecule has 1 aromatic rings. The molecular weight excluding hydrogens is 166 g/mol. The number of hydrogen-bond donors (Lipinski definition) is 2. The highest BCUT2D eigenvalue weighted by Gasteiger charge is 2.20. The molecule has 1 fully saturated rings. The monoisotopic (exact) mass is 179 g/mol. The number of thiol groups is 1. The number of rotatable bonds is 3. The van der Waals surface area contributed by atoms with Crippen molar-refractivity contribution in [3.63, 3.8) is 0 Å². The van der Waals surface area contributed by atoms with Crippen LogP contribution < -0.4 is 5.32 Å². The molecule has 0 bridgehead atoms. The van der Waals surface area contributed by atoms with Gasteiger partial charge in [-0.2, -0.15) is 12.6 Å². The summed E-state index contributed by atoms with van der Waals surface area (Å²) >= 11 is 4.24. The van der Waals surface area contributed by atoms with Crippen molar-refractivity contribution in [2.45, 2.75) is 24.6 Å². The van der Waals surface area contributed by atoms with E-state index < -0.39 is 0 Å². The predicted octanol–water partition coefficient (Wildman–Crippen LogP) is 2.69. The van der Waals surface area contributed by atoms with Crippen LogP contribution in [0, 0.1) is 0 Å². The fourth-order valence-corrected chi connectivity index (χ4v) is 1.42. The summed E-state index contributed by atoms with van der Waals surface area (Å²) in [7, 11) is 0. The normalized spacial score (nSPS) is 16.1. The third-order valence-corrected chi connectivity index (χ3v) is 2.42. The van der Waals surface area contributed by atoms with E-state index >= 15 is 0 Å². The highest BCUT2D eigenvalue weighted by atomic mass is 32.1. The molecule has 1 aromatic carbocycles. The van der Waals surface area contributed by atoms with Crippen molar-refractivity contribution >= 4 is 18.3 Å². The molecule has 12 heavy (non-hydrogen) atoms. The third kappa shape index (κ3) is 1.95. The van der Waals surface area contributed by atoms with Gasteiger partial charge in [-0.25, -0.2) is 0 Å². The molecular formula is C10H13NS. The van der Waals surface area contributed by atoms with E-state index in [0.29, 0.717) is 0 Å². The summed E-state index contributed by atoms with van der Waals surface area (Å²) in [5, 5.41) is 3.46. The van der Waals surface area contributed by atoms with Crippen molar-refractivity contribution in [2.75, 3.05) is 5.32 Å². The van der Waals surface area contributed by atoms with Gasteiger partial charge in [-0.05, 0) is 30.5 Å². The topological polar surface area (TPSA) is 12.0 Å². The van der Waals surface area contributed by atoms with Crippen molar-refractivity contribution in [3.05, 3.63) is 29.8 Å². The van der Waals surface area contributed by atoms with Gasteiger partial charge < -0.3 is 5.32 Å². The van der Waals surface area contributed by atoms with Gasteiger partial charge in [0.05, 0.1) is 0 Å². The Bertz CT molecular complexity index is 268. The van der Waals surface area contributed by atoms with Crippen LogP contribution in [0.25, 0.3) is 0 Å². The quantitative estimate of drug-likeness (QED) is 0.680. The maximum absolute atomic E-state index is 4.24. The van der Waals surface area contributed by atoms with Gasteiger partial charge >= 0.3 is 0 Å². The molecule has 1 aliphatic rings. The molecule has 1 N–H and O–H groups in total. The van der Waals surface area contributed by atoms with Gasteiger partial charge in [-0.3, -0.25) is 0 Å². The molecule has 0 saturated heterocycles. The largest absolute Gasteiger partial charge is 0.382 e. The van der Waals surface area contributed by atoms with Crippen LogP contribution in [0.1, 0.15) is 18.4 Å². The van der Waals surface area contributed by atoms with Crippen LogP contribution >= 0.6 is 12.6 Å². The molecule has 64 valence electrons. The van der Waals surface area contributed by atoms with E-state index in [9.17, 15) is 0 Å². The smallest absolute Gasteiger partial charge is 0.0345 e. The minimum absolute atomic E-state index is 0.736. The molecule has 0 spiro atoms. The number of hydrogen-bond acceptors (Lipinski definition) is 2. The van der Waals surface area contributed by atoms with E-state index in [4.69, 9.17) is 0 Å². The first-order valence-electron chi connectivity index (χ1n) is 4.35. The lowest BCUT2D eigenvalue weighted by Gasteiger charge is -2.05. The van der Waals surface area contributed by atoms with Crippen LogP contribution in [0.15, 0.2) is 24.3 Å². The summed E-state index contributed by atoms with van der Waals surface area (Å²) in [5.74, 6) is 0.820. The Morgan fingerprint density at radius 1 is 1.42 bits per heavy atom. The number of nitrogens with one attached hydrogen (secondary N) is 1. The van der Waals surface area contributed by atoms with Crippen molar-refractivity contribution in [3.8, 4) is 0 Å². The Hall–Kier alpha value is -0.630. The van der Waals surface area contributed by atoms with Crippen molar-refractivity contribution in [1.29, 1.82) is 0 Å². The maximum atomic E-state index is 4.24. The molecule has 0 atom stereocenters. The second-order valence-corrected chi connectivity index (χ2v) is 3.59. The Labute approximate surface area is 78.6 Å².